The molecule has 1 saturated heterocycles. The van der Waals surface area contributed by atoms with Gasteiger partial charge in [0.2, 0.25) is 0 Å². The largest absolute Gasteiger partial charge is 0.378 e. The van der Waals surface area contributed by atoms with Gasteiger partial charge in [-0.2, -0.15) is 0 Å². The van der Waals surface area contributed by atoms with Crippen LogP contribution in [-0.2, 0) is 11.2 Å². The molecule has 0 aliphatic carbocycles. The van der Waals surface area contributed by atoms with Gasteiger partial charge in [-0.25, -0.2) is 4.79 Å². The molecule has 0 saturated carbocycles. The Kier molecular flexibility index (Phi) is 6.33. The van der Waals surface area contributed by atoms with Gasteiger partial charge < -0.3 is 15.4 Å². The van der Waals surface area contributed by atoms with Crippen LogP contribution in [0, 0.1) is 0 Å². The second-order valence-electron chi connectivity index (χ2n) is 5.34. The summed E-state index contributed by atoms with van der Waals surface area (Å²) >= 11 is 1.73. The van der Waals surface area contributed by atoms with E-state index in [0.717, 1.165) is 25.9 Å². The van der Waals surface area contributed by atoms with Crippen molar-refractivity contribution >= 4 is 17.4 Å². The van der Waals surface area contributed by atoms with E-state index in [1.54, 1.807) is 11.3 Å². The minimum atomic E-state index is -0.0682. The molecule has 1 fully saturated rings. The first-order valence-corrected chi connectivity index (χ1v) is 8.30. The van der Waals surface area contributed by atoms with Crippen LogP contribution in [0.3, 0.4) is 0 Å². The average molecular weight is 296 g/mol. The lowest BCUT2D eigenvalue weighted by molar-refractivity contribution is 0.100. The molecule has 1 aromatic rings. The standard InChI is InChI=1S/C15H24N2O2S/c1-12(6-7-13-4-2-10-19-13)17-15(18)16-9-8-14-5-3-11-20-14/h3,5,11-13H,2,4,6-10H2,1H3,(H2,16,17,18). The average Bonchev–Trinajstić information content (AvgIpc) is 3.09. The summed E-state index contributed by atoms with van der Waals surface area (Å²) in [4.78, 5) is 13.0. The van der Waals surface area contributed by atoms with Gasteiger partial charge in [-0.1, -0.05) is 6.07 Å². The Hall–Kier alpha value is -1.07. The van der Waals surface area contributed by atoms with Crippen LogP contribution >= 0.6 is 11.3 Å². The number of hydrogen-bond donors (Lipinski definition) is 2. The third-order valence-corrected chi connectivity index (χ3v) is 4.50. The lowest BCUT2D eigenvalue weighted by atomic mass is 10.1. The second kappa shape index (κ2) is 8.27. The van der Waals surface area contributed by atoms with Crippen LogP contribution in [0.2, 0.25) is 0 Å². The highest BCUT2D eigenvalue weighted by molar-refractivity contribution is 7.09. The van der Waals surface area contributed by atoms with E-state index in [1.165, 1.54) is 17.7 Å². The first-order valence-electron chi connectivity index (χ1n) is 7.42. The molecule has 2 amide bonds. The molecule has 1 aliphatic rings. The molecule has 2 atom stereocenters. The topological polar surface area (TPSA) is 50.4 Å². The van der Waals surface area contributed by atoms with Gasteiger partial charge in [0.05, 0.1) is 6.10 Å². The number of ether oxygens (including phenoxy) is 1. The molecule has 2 unspecified atom stereocenters. The number of amides is 2. The zero-order valence-corrected chi connectivity index (χ0v) is 12.9. The van der Waals surface area contributed by atoms with E-state index in [4.69, 9.17) is 4.74 Å². The van der Waals surface area contributed by atoms with Crippen molar-refractivity contribution in [3.8, 4) is 0 Å². The van der Waals surface area contributed by atoms with Crippen molar-refractivity contribution in [1.82, 2.24) is 10.6 Å². The Morgan fingerprint density at radius 3 is 3.20 bits per heavy atom. The van der Waals surface area contributed by atoms with Crippen LogP contribution in [0.15, 0.2) is 17.5 Å². The number of hydrogen-bond acceptors (Lipinski definition) is 3. The summed E-state index contributed by atoms with van der Waals surface area (Å²) in [6, 6.07) is 4.25. The summed E-state index contributed by atoms with van der Waals surface area (Å²) in [5, 5.41) is 7.95. The maximum Gasteiger partial charge on any atom is 0.315 e. The molecule has 0 radical (unpaired) electrons. The molecule has 2 rings (SSSR count). The molecular weight excluding hydrogens is 272 g/mol. The molecular formula is C15H24N2O2S. The van der Waals surface area contributed by atoms with Crippen molar-refractivity contribution in [2.24, 2.45) is 0 Å². The van der Waals surface area contributed by atoms with Crippen molar-refractivity contribution < 1.29 is 9.53 Å². The molecule has 1 aromatic heterocycles. The Balaban J connectivity index is 1.53. The van der Waals surface area contributed by atoms with Crippen LogP contribution in [0.5, 0.6) is 0 Å². The van der Waals surface area contributed by atoms with Crippen LogP contribution in [0.4, 0.5) is 4.79 Å². The summed E-state index contributed by atoms with van der Waals surface area (Å²) in [5.41, 5.74) is 0. The smallest absolute Gasteiger partial charge is 0.315 e. The van der Waals surface area contributed by atoms with E-state index in [2.05, 4.69) is 22.1 Å². The monoisotopic (exact) mass is 296 g/mol. The molecule has 1 aliphatic heterocycles. The number of carbonyl (C=O) groups is 1. The quantitative estimate of drug-likeness (QED) is 0.813. The van der Waals surface area contributed by atoms with Gasteiger partial charge in [-0.3, -0.25) is 0 Å². The minimum Gasteiger partial charge on any atom is -0.378 e. The predicted octanol–water partition coefficient (Wildman–Crippen LogP) is 2.94. The van der Waals surface area contributed by atoms with Crippen LogP contribution in [0.1, 0.15) is 37.5 Å². The summed E-state index contributed by atoms with van der Waals surface area (Å²) in [5.74, 6) is 0. The Bertz CT molecular complexity index is 389. The molecule has 0 aromatic carbocycles. The zero-order valence-electron chi connectivity index (χ0n) is 12.1. The predicted molar refractivity (Wildman–Crippen MR) is 82.2 cm³/mol. The van der Waals surface area contributed by atoms with Crippen molar-refractivity contribution in [2.75, 3.05) is 13.2 Å². The van der Waals surface area contributed by atoms with E-state index in [9.17, 15) is 4.79 Å². The minimum absolute atomic E-state index is 0.0682. The van der Waals surface area contributed by atoms with E-state index >= 15 is 0 Å². The molecule has 4 nitrogen and oxygen atoms in total. The highest BCUT2D eigenvalue weighted by Gasteiger charge is 2.16. The highest BCUT2D eigenvalue weighted by atomic mass is 32.1. The van der Waals surface area contributed by atoms with Gasteiger partial charge in [0.15, 0.2) is 0 Å². The van der Waals surface area contributed by atoms with E-state index in [-0.39, 0.29) is 12.1 Å². The first kappa shape index (κ1) is 15.3. The van der Waals surface area contributed by atoms with Gasteiger partial charge in [0.25, 0.3) is 0 Å². The lowest BCUT2D eigenvalue weighted by Crippen LogP contribution is -2.41. The molecule has 2 N–H and O–H groups in total. The number of thiophene rings is 1. The summed E-state index contributed by atoms with van der Waals surface area (Å²) in [6.07, 6.45) is 5.66. The third kappa shape index (κ3) is 5.51. The van der Waals surface area contributed by atoms with Gasteiger partial charge in [-0.05, 0) is 50.5 Å². The molecule has 112 valence electrons. The van der Waals surface area contributed by atoms with E-state index in [1.807, 2.05) is 13.0 Å². The third-order valence-electron chi connectivity index (χ3n) is 3.56. The second-order valence-corrected chi connectivity index (χ2v) is 6.38. The van der Waals surface area contributed by atoms with Crippen molar-refractivity contribution in [3.05, 3.63) is 22.4 Å². The SMILES string of the molecule is CC(CCC1CCCO1)NC(=O)NCCc1cccs1. The van der Waals surface area contributed by atoms with Crippen molar-refractivity contribution in [3.63, 3.8) is 0 Å². The maximum atomic E-state index is 11.7. The fourth-order valence-electron chi connectivity index (χ4n) is 2.41. The highest BCUT2D eigenvalue weighted by Crippen LogP contribution is 2.17. The fraction of sp³-hybridized carbons (Fsp3) is 0.667. The molecule has 0 spiro atoms. The number of nitrogens with one attached hydrogen (secondary N) is 2. The van der Waals surface area contributed by atoms with Crippen LogP contribution in [0.25, 0.3) is 0 Å². The Morgan fingerprint density at radius 2 is 2.50 bits per heavy atom. The van der Waals surface area contributed by atoms with E-state index < -0.39 is 0 Å². The van der Waals surface area contributed by atoms with E-state index in [0.29, 0.717) is 12.6 Å². The van der Waals surface area contributed by atoms with Crippen LogP contribution < -0.4 is 10.6 Å². The molecule has 20 heavy (non-hydrogen) atoms. The number of rotatable bonds is 7. The molecule has 5 heteroatoms. The Labute approximate surface area is 124 Å². The molecule has 0 bridgehead atoms. The number of carbonyl (C=O) groups excluding carboxylic acids is 1. The normalized spacial score (nSPS) is 19.8. The van der Waals surface area contributed by atoms with Gasteiger partial charge in [0, 0.05) is 24.1 Å². The van der Waals surface area contributed by atoms with Gasteiger partial charge >= 0.3 is 6.03 Å². The Morgan fingerprint density at radius 1 is 1.60 bits per heavy atom. The zero-order chi connectivity index (χ0) is 14.2. The first-order chi connectivity index (χ1) is 9.74. The van der Waals surface area contributed by atoms with Gasteiger partial charge in [-0.15, -0.1) is 11.3 Å². The lowest BCUT2D eigenvalue weighted by Gasteiger charge is -2.16. The summed E-state index contributed by atoms with van der Waals surface area (Å²) < 4.78 is 5.59. The van der Waals surface area contributed by atoms with Gasteiger partial charge in [0.1, 0.15) is 0 Å². The molecule has 2 heterocycles. The summed E-state index contributed by atoms with van der Waals surface area (Å²) in [7, 11) is 0. The van der Waals surface area contributed by atoms with Crippen LogP contribution in [-0.4, -0.2) is 31.3 Å². The summed E-state index contributed by atoms with van der Waals surface area (Å²) in [6.45, 7) is 3.63. The maximum absolute atomic E-state index is 11.7. The number of urea groups is 1. The van der Waals surface area contributed by atoms with Crippen molar-refractivity contribution in [1.29, 1.82) is 0 Å². The van der Waals surface area contributed by atoms with Crippen molar-refractivity contribution in [2.45, 2.75) is 51.2 Å². The fourth-order valence-corrected chi connectivity index (χ4v) is 3.12.